The molecule has 0 saturated heterocycles. The van der Waals surface area contributed by atoms with Crippen molar-refractivity contribution in [2.24, 2.45) is 0 Å². The molecule has 0 aliphatic heterocycles. The van der Waals surface area contributed by atoms with Crippen molar-refractivity contribution in [2.75, 3.05) is 0 Å². The number of halogens is 1. The van der Waals surface area contributed by atoms with Crippen LogP contribution in [-0.2, 0) is 6.42 Å². The molecule has 1 unspecified atom stereocenters. The second kappa shape index (κ2) is 5.89. The molecule has 2 aromatic rings. The molecule has 2 heteroatoms. The van der Waals surface area contributed by atoms with Gasteiger partial charge in [0.1, 0.15) is 0 Å². The highest BCUT2D eigenvalue weighted by Crippen LogP contribution is 2.27. The van der Waals surface area contributed by atoms with E-state index in [0.717, 1.165) is 16.9 Å². The molecule has 0 radical (unpaired) electrons. The lowest BCUT2D eigenvalue weighted by Gasteiger charge is -2.19. The Bertz CT molecular complexity index is 517. The van der Waals surface area contributed by atoms with Crippen LogP contribution in [0.25, 0.3) is 0 Å². The molecule has 19 heavy (non-hydrogen) atoms. The highest BCUT2D eigenvalue weighted by Gasteiger charge is 2.25. The zero-order valence-electron chi connectivity index (χ0n) is 10.9. The molecule has 0 amide bonds. The Morgan fingerprint density at radius 3 is 2.32 bits per heavy atom. The summed E-state index contributed by atoms with van der Waals surface area (Å²) in [6, 6.07) is 20.5. The van der Waals surface area contributed by atoms with Crippen LogP contribution < -0.4 is 5.32 Å². The van der Waals surface area contributed by atoms with Crippen LogP contribution in [0.3, 0.4) is 0 Å². The van der Waals surface area contributed by atoms with E-state index in [1.807, 2.05) is 0 Å². The number of hydrogen-bond donors (Lipinski definition) is 1. The normalized spacial score (nSPS) is 16.3. The van der Waals surface area contributed by atoms with Crippen LogP contribution in [0.2, 0.25) is 0 Å². The Kier molecular flexibility index (Phi) is 4.00. The molecule has 0 heterocycles. The molecule has 98 valence electrons. The van der Waals surface area contributed by atoms with Crippen molar-refractivity contribution >= 4 is 15.9 Å². The van der Waals surface area contributed by atoms with Crippen LogP contribution in [0.4, 0.5) is 0 Å². The van der Waals surface area contributed by atoms with Crippen molar-refractivity contribution in [1.29, 1.82) is 0 Å². The first-order valence-corrected chi connectivity index (χ1v) is 7.66. The number of hydrogen-bond acceptors (Lipinski definition) is 1. The smallest absolute Gasteiger partial charge is 0.0363 e. The van der Waals surface area contributed by atoms with Gasteiger partial charge >= 0.3 is 0 Å². The van der Waals surface area contributed by atoms with E-state index in [1.165, 1.54) is 24.0 Å². The zero-order valence-corrected chi connectivity index (χ0v) is 12.4. The van der Waals surface area contributed by atoms with Gasteiger partial charge in [0.05, 0.1) is 0 Å². The van der Waals surface area contributed by atoms with Gasteiger partial charge in [0.25, 0.3) is 0 Å². The van der Waals surface area contributed by atoms with E-state index in [9.17, 15) is 0 Å². The molecule has 1 aliphatic rings. The molecule has 1 atom stereocenters. The zero-order chi connectivity index (χ0) is 13.1. The standard InChI is InChI=1S/C17H18BrN/c18-15-8-6-14(7-9-15)17(19-16-10-11-16)12-13-4-2-1-3-5-13/h1-9,16-17,19H,10-12H2. The Labute approximate surface area is 123 Å². The van der Waals surface area contributed by atoms with Gasteiger partial charge in [0.15, 0.2) is 0 Å². The minimum absolute atomic E-state index is 0.419. The van der Waals surface area contributed by atoms with Crippen molar-refractivity contribution < 1.29 is 0 Å². The Morgan fingerprint density at radius 2 is 1.68 bits per heavy atom. The van der Waals surface area contributed by atoms with Gasteiger partial charge in [-0.2, -0.15) is 0 Å². The van der Waals surface area contributed by atoms with Crippen molar-refractivity contribution in [3.8, 4) is 0 Å². The fraction of sp³-hybridized carbons (Fsp3) is 0.294. The summed E-state index contributed by atoms with van der Waals surface area (Å²) < 4.78 is 1.14. The highest BCUT2D eigenvalue weighted by molar-refractivity contribution is 9.10. The average Bonchev–Trinajstić information content (AvgIpc) is 3.24. The number of benzene rings is 2. The molecule has 2 aromatic carbocycles. The summed E-state index contributed by atoms with van der Waals surface area (Å²) >= 11 is 3.50. The van der Waals surface area contributed by atoms with E-state index in [0.29, 0.717) is 6.04 Å². The Morgan fingerprint density at radius 1 is 1.00 bits per heavy atom. The van der Waals surface area contributed by atoms with Crippen molar-refractivity contribution in [3.63, 3.8) is 0 Å². The summed E-state index contributed by atoms with van der Waals surface area (Å²) in [4.78, 5) is 0. The fourth-order valence-electron chi connectivity index (χ4n) is 2.35. The average molecular weight is 316 g/mol. The van der Waals surface area contributed by atoms with Crippen LogP contribution >= 0.6 is 15.9 Å². The molecular weight excluding hydrogens is 298 g/mol. The van der Waals surface area contributed by atoms with Crippen LogP contribution in [0.1, 0.15) is 30.0 Å². The number of rotatable bonds is 5. The second-order valence-corrected chi connectivity index (χ2v) is 6.15. The predicted octanol–water partition coefficient (Wildman–Crippen LogP) is 4.48. The minimum Gasteiger partial charge on any atom is -0.307 e. The number of nitrogens with one attached hydrogen (secondary N) is 1. The first-order valence-electron chi connectivity index (χ1n) is 6.87. The fourth-order valence-corrected chi connectivity index (χ4v) is 2.62. The van der Waals surface area contributed by atoms with Crippen LogP contribution in [-0.4, -0.2) is 6.04 Å². The largest absolute Gasteiger partial charge is 0.307 e. The lowest BCUT2D eigenvalue weighted by Crippen LogP contribution is -2.25. The quantitative estimate of drug-likeness (QED) is 0.857. The predicted molar refractivity (Wildman–Crippen MR) is 83.2 cm³/mol. The van der Waals surface area contributed by atoms with Crippen molar-refractivity contribution in [3.05, 3.63) is 70.2 Å². The maximum absolute atomic E-state index is 3.76. The van der Waals surface area contributed by atoms with E-state index in [2.05, 4.69) is 75.8 Å². The molecule has 0 spiro atoms. The molecule has 1 N–H and O–H groups in total. The Balaban J connectivity index is 1.78. The third-order valence-corrected chi connectivity index (χ3v) is 4.10. The second-order valence-electron chi connectivity index (χ2n) is 5.23. The minimum atomic E-state index is 0.419. The van der Waals surface area contributed by atoms with E-state index < -0.39 is 0 Å². The van der Waals surface area contributed by atoms with Gasteiger partial charge in [-0.1, -0.05) is 58.4 Å². The summed E-state index contributed by atoms with van der Waals surface area (Å²) in [5.74, 6) is 0. The van der Waals surface area contributed by atoms with Gasteiger partial charge in [-0.25, -0.2) is 0 Å². The van der Waals surface area contributed by atoms with Gasteiger partial charge < -0.3 is 5.32 Å². The van der Waals surface area contributed by atoms with Gasteiger partial charge in [-0.15, -0.1) is 0 Å². The topological polar surface area (TPSA) is 12.0 Å². The maximum Gasteiger partial charge on any atom is 0.0363 e. The molecule has 0 bridgehead atoms. The lowest BCUT2D eigenvalue weighted by molar-refractivity contribution is 0.527. The molecule has 1 fully saturated rings. The third-order valence-electron chi connectivity index (χ3n) is 3.57. The maximum atomic E-state index is 3.76. The van der Waals surface area contributed by atoms with Crippen LogP contribution in [0, 0.1) is 0 Å². The highest BCUT2D eigenvalue weighted by atomic mass is 79.9. The van der Waals surface area contributed by atoms with Crippen molar-refractivity contribution in [1.82, 2.24) is 5.32 Å². The SMILES string of the molecule is Brc1ccc(C(Cc2ccccc2)NC2CC2)cc1. The van der Waals surface area contributed by atoms with Crippen LogP contribution in [0.5, 0.6) is 0 Å². The Hall–Kier alpha value is -1.12. The summed E-state index contributed by atoms with van der Waals surface area (Å²) in [7, 11) is 0. The van der Waals surface area contributed by atoms with Crippen LogP contribution in [0.15, 0.2) is 59.1 Å². The molecule has 3 rings (SSSR count). The summed E-state index contributed by atoms with van der Waals surface area (Å²) in [5.41, 5.74) is 2.77. The first-order chi connectivity index (χ1) is 9.31. The van der Waals surface area contributed by atoms with E-state index in [1.54, 1.807) is 0 Å². The molecule has 1 saturated carbocycles. The van der Waals surface area contributed by atoms with Gasteiger partial charge in [0.2, 0.25) is 0 Å². The molecule has 0 aromatic heterocycles. The summed E-state index contributed by atoms with van der Waals surface area (Å²) in [6.45, 7) is 0. The lowest BCUT2D eigenvalue weighted by atomic mass is 9.99. The molecule has 1 nitrogen and oxygen atoms in total. The van der Waals surface area contributed by atoms with Gasteiger partial charge in [0, 0.05) is 16.6 Å². The molecular formula is C17H18BrN. The first kappa shape index (κ1) is 12.9. The summed E-state index contributed by atoms with van der Waals surface area (Å²) in [5, 5.41) is 3.76. The van der Waals surface area contributed by atoms with Gasteiger partial charge in [-0.05, 0) is 42.5 Å². The van der Waals surface area contributed by atoms with E-state index >= 15 is 0 Å². The van der Waals surface area contributed by atoms with E-state index in [-0.39, 0.29) is 0 Å². The van der Waals surface area contributed by atoms with Gasteiger partial charge in [-0.3, -0.25) is 0 Å². The third kappa shape index (κ3) is 3.68. The van der Waals surface area contributed by atoms with Crippen molar-refractivity contribution in [2.45, 2.75) is 31.3 Å². The monoisotopic (exact) mass is 315 g/mol. The molecule has 1 aliphatic carbocycles. The van der Waals surface area contributed by atoms with E-state index in [4.69, 9.17) is 0 Å². The summed E-state index contributed by atoms with van der Waals surface area (Å²) in [6.07, 6.45) is 3.70.